The summed E-state index contributed by atoms with van der Waals surface area (Å²) in [6.07, 6.45) is 2.32. The molecule has 1 aromatic rings. The Balaban J connectivity index is 2.77. The van der Waals surface area contributed by atoms with Crippen molar-refractivity contribution in [3.8, 4) is 0 Å². The number of aliphatic hydroxyl groups excluding tert-OH is 1. The smallest absolute Gasteiger partial charge is 0.265 e. The lowest BCUT2D eigenvalue weighted by Gasteiger charge is -2.28. The lowest BCUT2D eigenvalue weighted by molar-refractivity contribution is 0.0844. The molecule has 0 unspecified atom stereocenters. The highest BCUT2D eigenvalue weighted by molar-refractivity contribution is 7.08. The summed E-state index contributed by atoms with van der Waals surface area (Å²) in [5.74, 6) is -0.193. The Morgan fingerprint density at radius 2 is 2.24 bits per heavy atom. The number of nitrogens with one attached hydrogen (secondary N) is 1. The number of hydrogen-bond donors (Lipinski definition) is 2. The Morgan fingerprint density at radius 1 is 1.53 bits per heavy atom. The van der Waals surface area contributed by atoms with Crippen LogP contribution in [0.4, 0.5) is 0 Å². The van der Waals surface area contributed by atoms with Crippen LogP contribution in [0.25, 0.3) is 0 Å². The molecule has 0 aliphatic heterocycles. The third-order valence-corrected chi connectivity index (χ3v) is 3.43. The molecule has 0 spiro atoms. The zero-order valence-electron chi connectivity index (χ0n) is 10.5. The van der Waals surface area contributed by atoms with Crippen LogP contribution >= 0.6 is 11.5 Å². The highest BCUT2D eigenvalue weighted by Gasteiger charge is 2.27. The summed E-state index contributed by atoms with van der Waals surface area (Å²) in [7, 11) is 0. The van der Waals surface area contributed by atoms with Gasteiger partial charge in [0.1, 0.15) is 4.88 Å². The first-order valence-electron chi connectivity index (χ1n) is 5.81. The van der Waals surface area contributed by atoms with Gasteiger partial charge in [0.2, 0.25) is 0 Å². The van der Waals surface area contributed by atoms with Crippen LogP contribution in [-0.4, -0.2) is 32.7 Å². The molecule has 0 aromatic carbocycles. The Morgan fingerprint density at radius 3 is 2.76 bits per heavy atom. The zero-order chi connectivity index (χ0) is 12.9. The summed E-state index contributed by atoms with van der Waals surface area (Å²) in [5.41, 5.74) is 0.144. The van der Waals surface area contributed by atoms with Crippen LogP contribution in [0.2, 0.25) is 0 Å². The Labute approximate surface area is 105 Å². The molecule has 96 valence electrons. The molecule has 6 heteroatoms. The number of carbonyl (C=O) groups is 1. The van der Waals surface area contributed by atoms with Gasteiger partial charge in [-0.2, -0.15) is 0 Å². The van der Waals surface area contributed by atoms with Crippen molar-refractivity contribution in [1.82, 2.24) is 14.9 Å². The number of amides is 1. The van der Waals surface area contributed by atoms with E-state index in [1.165, 1.54) is 0 Å². The van der Waals surface area contributed by atoms with Gasteiger partial charge in [-0.15, -0.1) is 5.10 Å². The van der Waals surface area contributed by atoms with Gasteiger partial charge in [0.25, 0.3) is 5.91 Å². The van der Waals surface area contributed by atoms with Gasteiger partial charge in [0, 0.05) is 0 Å². The monoisotopic (exact) mass is 257 g/mol. The maximum absolute atomic E-state index is 12.0. The standard InChI is InChI=1S/C11H19N3O2S/c1-4-6-11(3,7-15)12-10(16)9-8(5-2)13-14-17-9/h15H,4-7H2,1-3H3,(H,12,16)/t11-/m0/s1. The average molecular weight is 257 g/mol. The fourth-order valence-electron chi connectivity index (χ4n) is 1.68. The van der Waals surface area contributed by atoms with E-state index in [-0.39, 0.29) is 12.5 Å². The van der Waals surface area contributed by atoms with Crippen LogP contribution in [0.3, 0.4) is 0 Å². The van der Waals surface area contributed by atoms with Crippen LogP contribution < -0.4 is 5.32 Å². The van der Waals surface area contributed by atoms with Crippen molar-refractivity contribution in [2.24, 2.45) is 0 Å². The van der Waals surface area contributed by atoms with Crippen LogP contribution in [0.1, 0.15) is 49.0 Å². The first-order chi connectivity index (χ1) is 8.06. The minimum atomic E-state index is -0.569. The molecular formula is C11H19N3O2S. The van der Waals surface area contributed by atoms with Gasteiger partial charge in [0.15, 0.2) is 0 Å². The summed E-state index contributed by atoms with van der Waals surface area (Å²) in [6.45, 7) is 5.73. The molecule has 1 aromatic heterocycles. The first kappa shape index (κ1) is 14.1. The molecule has 17 heavy (non-hydrogen) atoms. The molecule has 1 amide bonds. The molecule has 1 heterocycles. The lowest BCUT2D eigenvalue weighted by Crippen LogP contribution is -2.48. The number of aromatic nitrogens is 2. The summed E-state index contributed by atoms with van der Waals surface area (Å²) in [5, 5.41) is 16.1. The number of aliphatic hydroxyl groups is 1. The maximum Gasteiger partial charge on any atom is 0.265 e. The number of aryl methyl sites for hydroxylation is 1. The topological polar surface area (TPSA) is 75.1 Å². The SMILES string of the molecule is CCC[C@@](C)(CO)NC(=O)c1snnc1CC. The van der Waals surface area contributed by atoms with E-state index in [1.54, 1.807) is 0 Å². The molecule has 0 saturated carbocycles. The highest BCUT2D eigenvalue weighted by atomic mass is 32.1. The lowest BCUT2D eigenvalue weighted by atomic mass is 9.97. The summed E-state index contributed by atoms with van der Waals surface area (Å²) in [6, 6.07) is 0. The van der Waals surface area contributed by atoms with Crippen molar-refractivity contribution in [1.29, 1.82) is 0 Å². The van der Waals surface area contributed by atoms with Gasteiger partial charge in [0.05, 0.1) is 17.8 Å². The van der Waals surface area contributed by atoms with E-state index >= 15 is 0 Å². The predicted octanol–water partition coefficient (Wildman–Crippen LogP) is 1.38. The van der Waals surface area contributed by atoms with E-state index in [2.05, 4.69) is 14.9 Å². The van der Waals surface area contributed by atoms with E-state index in [0.717, 1.165) is 24.4 Å². The third-order valence-electron chi connectivity index (χ3n) is 2.66. The molecule has 1 rings (SSSR count). The average Bonchev–Trinajstić information content (AvgIpc) is 2.77. The van der Waals surface area contributed by atoms with Gasteiger partial charge in [-0.25, -0.2) is 0 Å². The van der Waals surface area contributed by atoms with E-state index < -0.39 is 5.54 Å². The minimum absolute atomic E-state index is 0.0692. The zero-order valence-corrected chi connectivity index (χ0v) is 11.3. The summed E-state index contributed by atoms with van der Waals surface area (Å²) in [4.78, 5) is 12.6. The number of hydrogen-bond acceptors (Lipinski definition) is 5. The maximum atomic E-state index is 12.0. The number of nitrogens with zero attached hydrogens (tertiary/aromatic N) is 2. The van der Waals surface area contributed by atoms with Crippen molar-refractivity contribution in [2.75, 3.05) is 6.61 Å². The molecule has 0 aliphatic rings. The molecule has 0 bridgehead atoms. The summed E-state index contributed by atoms with van der Waals surface area (Å²) >= 11 is 1.10. The van der Waals surface area contributed by atoms with E-state index in [4.69, 9.17) is 0 Å². The number of carbonyl (C=O) groups excluding carboxylic acids is 1. The predicted molar refractivity (Wildman–Crippen MR) is 67.2 cm³/mol. The molecule has 2 N–H and O–H groups in total. The molecule has 5 nitrogen and oxygen atoms in total. The Bertz CT molecular complexity index is 381. The molecule has 1 atom stereocenters. The third kappa shape index (κ3) is 3.47. The van der Waals surface area contributed by atoms with Crippen LogP contribution in [0.15, 0.2) is 0 Å². The first-order valence-corrected chi connectivity index (χ1v) is 6.58. The van der Waals surface area contributed by atoms with Crippen molar-refractivity contribution in [2.45, 2.75) is 45.6 Å². The van der Waals surface area contributed by atoms with Gasteiger partial charge in [-0.05, 0) is 31.3 Å². The number of rotatable bonds is 6. The van der Waals surface area contributed by atoms with Crippen molar-refractivity contribution < 1.29 is 9.90 Å². The van der Waals surface area contributed by atoms with E-state index in [1.807, 2.05) is 20.8 Å². The van der Waals surface area contributed by atoms with E-state index in [9.17, 15) is 9.90 Å². The van der Waals surface area contributed by atoms with Gasteiger partial charge < -0.3 is 10.4 Å². The van der Waals surface area contributed by atoms with Crippen molar-refractivity contribution >= 4 is 17.4 Å². The molecular weight excluding hydrogens is 238 g/mol. The molecule has 0 fully saturated rings. The van der Waals surface area contributed by atoms with E-state index in [0.29, 0.717) is 17.0 Å². The van der Waals surface area contributed by atoms with Crippen molar-refractivity contribution in [3.05, 3.63) is 10.6 Å². The quantitative estimate of drug-likeness (QED) is 0.807. The minimum Gasteiger partial charge on any atom is -0.394 e. The van der Waals surface area contributed by atoms with Gasteiger partial charge in [-0.3, -0.25) is 4.79 Å². The molecule has 0 aliphatic carbocycles. The molecule has 0 radical (unpaired) electrons. The Kier molecular flexibility index (Phi) is 5.02. The van der Waals surface area contributed by atoms with Crippen LogP contribution in [0.5, 0.6) is 0 Å². The van der Waals surface area contributed by atoms with Gasteiger partial charge >= 0.3 is 0 Å². The van der Waals surface area contributed by atoms with Gasteiger partial charge in [-0.1, -0.05) is 24.8 Å². The molecule has 0 saturated heterocycles. The Hall–Kier alpha value is -1.01. The fourth-order valence-corrected chi connectivity index (χ4v) is 2.32. The summed E-state index contributed by atoms with van der Waals surface area (Å²) < 4.78 is 3.78. The highest BCUT2D eigenvalue weighted by Crippen LogP contribution is 2.16. The fraction of sp³-hybridized carbons (Fsp3) is 0.727. The largest absolute Gasteiger partial charge is 0.394 e. The second-order valence-corrected chi connectivity index (χ2v) is 5.08. The second kappa shape index (κ2) is 6.07. The van der Waals surface area contributed by atoms with Crippen molar-refractivity contribution in [3.63, 3.8) is 0 Å². The normalized spacial score (nSPS) is 14.4. The van der Waals surface area contributed by atoms with Crippen LogP contribution in [-0.2, 0) is 6.42 Å². The van der Waals surface area contributed by atoms with Crippen LogP contribution in [0, 0.1) is 0 Å². The second-order valence-electron chi connectivity index (χ2n) is 4.33.